The number of hydrogen-bond acceptors (Lipinski definition) is 6. The van der Waals surface area contributed by atoms with Gasteiger partial charge in [-0.25, -0.2) is 4.57 Å². The third kappa shape index (κ3) is 6.49. The molecule has 3 atom stereocenters. The van der Waals surface area contributed by atoms with E-state index in [9.17, 15) is 4.57 Å². The molecule has 188 valence electrons. The number of phosphoric acid groups is 1. The van der Waals surface area contributed by atoms with Crippen LogP contribution in [0, 0.1) is 11.3 Å². The zero-order chi connectivity index (χ0) is 24.6. The summed E-state index contributed by atoms with van der Waals surface area (Å²) in [6.45, 7) is 6.60. The fourth-order valence-electron chi connectivity index (χ4n) is 5.10. The van der Waals surface area contributed by atoms with Gasteiger partial charge in [-0.1, -0.05) is 51.3 Å². The van der Waals surface area contributed by atoms with Crippen LogP contribution in [-0.2, 0) is 15.5 Å². The highest BCUT2D eigenvalue weighted by molar-refractivity contribution is 7.49. The summed E-state index contributed by atoms with van der Waals surface area (Å²) in [5.41, 5.74) is 1.46. The molecule has 0 amide bonds. The van der Waals surface area contributed by atoms with Gasteiger partial charge < -0.3 is 18.5 Å². The van der Waals surface area contributed by atoms with Gasteiger partial charge in [-0.15, -0.1) is 0 Å². The number of rotatable bonds is 12. The molecule has 34 heavy (non-hydrogen) atoms. The monoisotopic (exact) mass is 490 g/mol. The second-order valence-corrected chi connectivity index (χ2v) is 10.8. The maximum atomic E-state index is 13.5. The van der Waals surface area contributed by atoms with Crippen LogP contribution >= 0.6 is 7.82 Å². The van der Waals surface area contributed by atoms with E-state index in [0.717, 1.165) is 12.0 Å². The summed E-state index contributed by atoms with van der Waals surface area (Å²) >= 11 is 0. The maximum absolute atomic E-state index is 13.5. The van der Waals surface area contributed by atoms with Crippen molar-refractivity contribution in [1.29, 1.82) is 0 Å². The number of methoxy groups -OCH3 is 2. The first-order valence-corrected chi connectivity index (χ1v) is 13.8. The lowest BCUT2D eigenvalue weighted by Crippen LogP contribution is -2.32. The van der Waals surface area contributed by atoms with E-state index in [0.29, 0.717) is 28.6 Å². The Bertz CT molecular complexity index is 934. The molecule has 6 nitrogen and oxygen atoms in total. The highest BCUT2D eigenvalue weighted by Crippen LogP contribution is 2.55. The number of benzene rings is 2. The highest BCUT2D eigenvalue weighted by Gasteiger charge is 2.37. The van der Waals surface area contributed by atoms with Crippen LogP contribution < -0.4 is 18.5 Å². The predicted molar refractivity (Wildman–Crippen MR) is 135 cm³/mol. The van der Waals surface area contributed by atoms with Crippen molar-refractivity contribution in [3.05, 3.63) is 48.0 Å². The first-order chi connectivity index (χ1) is 16.4. The molecule has 3 rings (SSSR count). The summed E-state index contributed by atoms with van der Waals surface area (Å²) in [5, 5.41) is 0. The van der Waals surface area contributed by atoms with Gasteiger partial charge in [0.05, 0.1) is 20.8 Å². The molecule has 0 heterocycles. The van der Waals surface area contributed by atoms with Crippen molar-refractivity contribution in [1.82, 2.24) is 0 Å². The van der Waals surface area contributed by atoms with Gasteiger partial charge in [0, 0.05) is 0 Å². The van der Waals surface area contributed by atoms with E-state index in [1.165, 1.54) is 38.5 Å². The van der Waals surface area contributed by atoms with Crippen LogP contribution in [0.25, 0.3) is 0 Å². The number of ether oxygens (including phenoxy) is 2. The van der Waals surface area contributed by atoms with Crippen molar-refractivity contribution in [3.63, 3.8) is 0 Å². The maximum Gasteiger partial charge on any atom is 0.587 e. The molecule has 0 N–H and O–H groups in total. The summed E-state index contributed by atoms with van der Waals surface area (Å²) in [5.74, 6) is 2.08. The van der Waals surface area contributed by atoms with Crippen molar-refractivity contribution < 1.29 is 27.6 Å². The zero-order valence-corrected chi connectivity index (χ0v) is 22.1. The summed E-state index contributed by atoms with van der Waals surface area (Å²) < 4.78 is 41.7. The van der Waals surface area contributed by atoms with E-state index < -0.39 is 7.82 Å². The molecule has 1 fully saturated rings. The van der Waals surface area contributed by atoms with Gasteiger partial charge in [0.15, 0.2) is 11.5 Å². The molecular formula is C27H39O6P. The molecule has 0 aromatic heterocycles. The van der Waals surface area contributed by atoms with Gasteiger partial charge >= 0.3 is 7.82 Å². The summed E-state index contributed by atoms with van der Waals surface area (Å²) in [4.78, 5) is 0. The van der Waals surface area contributed by atoms with Gasteiger partial charge in [-0.3, -0.25) is 4.52 Å². The summed E-state index contributed by atoms with van der Waals surface area (Å²) in [6.07, 6.45) is 8.45. The Morgan fingerprint density at radius 2 is 1.68 bits per heavy atom. The van der Waals surface area contributed by atoms with Crippen LogP contribution in [0.2, 0.25) is 0 Å². The molecule has 2 aromatic rings. The topological polar surface area (TPSA) is 63.2 Å². The second kappa shape index (κ2) is 12.0. The van der Waals surface area contributed by atoms with Crippen LogP contribution in [0.5, 0.6) is 23.0 Å². The Hall–Kier alpha value is -2.17. The van der Waals surface area contributed by atoms with Crippen molar-refractivity contribution in [2.75, 3.05) is 20.8 Å². The standard InChI is InChI=1S/C27H39O6P/c1-6-16-27(3)17-12-11-13-22(27)18-21-19-24(29-4)26(25(20-21)30-5)33-34(28,31-7-2)32-23-14-9-8-10-15-23/h8-10,14-15,19-20,22H,6-7,11-13,16-18H2,1-5H3. The van der Waals surface area contributed by atoms with Crippen molar-refractivity contribution in [2.45, 2.75) is 65.7 Å². The van der Waals surface area contributed by atoms with Crippen molar-refractivity contribution >= 4 is 7.82 Å². The molecule has 1 aliphatic rings. The zero-order valence-electron chi connectivity index (χ0n) is 21.2. The Kier molecular flexibility index (Phi) is 9.32. The average Bonchev–Trinajstić information content (AvgIpc) is 2.82. The summed E-state index contributed by atoms with van der Waals surface area (Å²) in [6, 6.07) is 12.7. The average molecular weight is 491 g/mol. The van der Waals surface area contributed by atoms with E-state index in [4.69, 9.17) is 23.0 Å². The minimum absolute atomic E-state index is 0.157. The van der Waals surface area contributed by atoms with E-state index >= 15 is 0 Å². The Balaban J connectivity index is 1.90. The lowest BCUT2D eigenvalue weighted by atomic mass is 9.63. The third-order valence-electron chi connectivity index (χ3n) is 6.81. The molecule has 7 heteroatoms. The van der Waals surface area contributed by atoms with Gasteiger partial charge in [0.1, 0.15) is 5.75 Å². The predicted octanol–water partition coefficient (Wildman–Crippen LogP) is 7.85. The fourth-order valence-corrected chi connectivity index (χ4v) is 6.34. The van der Waals surface area contributed by atoms with Crippen LogP contribution in [0.15, 0.2) is 42.5 Å². The quantitative estimate of drug-likeness (QED) is 0.282. The molecule has 1 saturated carbocycles. The molecule has 2 aromatic carbocycles. The minimum Gasteiger partial charge on any atom is -0.493 e. The number of para-hydroxylation sites is 1. The second-order valence-electron chi connectivity index (χ2n) is 9.24. The molecule has 0 spiro atoms. The fraction of sp³-hybridized carbons (Fsp3) is 0.556. The molecule has 0 radical (unpaired) electrons. The third-order valence-corrected chi connectivity index (χ3v) is 8.23. The minimum atomic E-state index is -3.98. The van der Waals surface area contributed by atoms with Crippen LogP contribution in [-0.4, -0.2) is 20.8 Å². The van der Waals surface area contributed by atoms with Gasteiger partial charge in [0.2, 0.25) is 5.75 Å². The first kappa shape index (κ1) is 26.4. The van der Waals surface area contributed by atoms with Crippen molar-refractivity contribution in [2.24, 2.45) is 11.3 Å². The van der Waals surface area contributed by atoms with E-state index in [-0.39, 0.29) is 12.4 Å². The number of phosphoric ester groups is 1. The van der Waals surface area contributed by atoms with Gasteiger partial charge in [0.25, 0.3) is 0 Å². The molecule has 0 aliphatic heterocycles. The lowest BCUT2D eigenvalue weighted by molar-refractivity contribution is 0.102. The Morgan fingerprint density at radius 1 is 1.00 bits per heavy atom. The molecule has 1 aliphatic carbocycles. The molecule has 0 saturated heterocycles. The van der Waals surface area contributed by atoms with E-state index in [1.54, 1.807) is 45.4 Å². The lowest BCUT2D eigenvalue weighted by Gasteiger charge is -2.42. The Labute approximate surface area is 204 Å². The van der Waals surface area contributed by atoms with Gasteiger partial charge in [-0.05, 0) is 73.8 Å². The Morgan fingerprint density at radius 3 is 2.26 bits per heavy atom. The van der Waals surface area contributed by atoms with Crippen LogP contribution in [0.4, 0.5) is 0 Å². The largest absolute Gasteiger partial charge is 0.587 e. The van der Waals surface area contributed by atoms with Crippen LogP contribution in [0.3, 0.4) is 0 Å². The summed E-state index contributed by atoms with van der Waals surface area (Å²) in [7, 11) is -0.850. The highest BCUT2D eigenvalue weighted by atomic mass is 31.2. The van der Waals surface area contributed by atoms with Gasteiger partial charge in [-0.2, -0.15) is 0 Å². The van der Waals surface area contributed by atoms with Crippen LogP contribution in [0.1, 0.15) is 64.9 Å². The molecule has 3 unspecified atom stereocenters. The number of hydrogen-bond donors (Lipinski definition) is 0. The molecule has 0 bridgehead atoms. The SMILES string of the molecule is CCCC1(C)CCCCC1Cc1cc(OC)c(OP(=O)(OCC)Oc2ccccc2)c(OC)c1. The van der Waals surface area contributed by atoms with E-state index in [2.05, 4.69) is 13.8 Å². The van der Waals surface area contributed by atoms with Crippen molar-refractivity contribution in [3.8, 4) is 23.0 Å². The normalized spacial score (nSPS) is 22.0. The smallest absolute Gasteiger partial charge is 0.493 e. The van der Waals surface area contributed by atoms with E-state index in [1.807, 2.05) is 18.2 Å². The first-order valence-electron chi connectivity index (χ1n) is 12.3. The molecular weight excluding hydrogens is 451 g/mol.